The van der Waals surface area contributed by atoms with E-state index in [1.807, 2.05) is 63.2 Å². The van der Waals surface area contributed by atoms with Gasteiger partial charge < -0.3 is 20.1 Å². The predicted molar refractivity (Wildman–Crippen MR) is 106 cm³/mol. The van der Waals surface area contributed by atoms with Crippen molar-refractivity contribution in [2.24, 2.45) is 0 Å². The molecule has 0 unspecified atom stereocenters. The highest BCUT2D eigenvalue weighted by Crippen LogP contribution is 2.29. The van der Waals surface area contributed by atoms with Crippen LogP contribution in [0.2, 0.25) is 0 Å². The Bertz CT molecular complexity index is 914. The van der Waals surface area contributed by atoms with E-state index in [-0.39, 0.29) is 6.10 Å². The zero-order valence-electron chi connectivity index (χ0n) is 15.9. The van der Waals surface area contributed by atoms with Crippen LogP contribution in [0.25, 0.3) is 0 Å². The van der Waals surface area contributed by atoms with Crippen LogP contribution in [-0.2, 0) is 0 Å². The summed E-state index contributed by atoms with van der Waals surface area (Å²) in [6.07, 6.45) is 1.63. The maximum absolute atomic E-state index is 5.83. The lowest BCUT2D eigenvalue weighted by Crippen LogP contribution is -2.08. The Morgan fingerprint density at radius 1 is 0.963 bits per heavy atom. The number of hydrogen-bond acceptors (Lipinski definition) is 7. The number of anilines is 4. The summed E-state index contributed by atoms with van der Waals surface area (Å²) in [7, 11) is 1.62. The molecule has 140 valence electrons. The fourth-order valence-electron chi connectivity index (χ4n) is 2.52. The number of aryl methyl sites for hydroxylation is 1. The molecule has 3 aromatic rings. The highest BCUT2D eigenvalue weighted by molar-refractivity contribution is 5.66. The molecule has 7 nitrogen and oxygen atoms in total. The van der Waals surface area contributed by atoms with Crippen molar-refractivity contribution in [1.82, 2.24) is 15.2 Å². The molecule has 0 bridgehead atoms. The van der Waals surface area contributed by atoms with E-state index in [0.29, 0.717) is 17.5 Å². The number of ether oxygens (including phenoxy) is 2. The van der Waals surface area contributed by atoms with Crippen molar-refractivity contribution in [3.63, 3.8) is 0 Å². The smallest absolute Gasteiger partial charge is 0.249 e. The topological polar surface area (TPSA) is 81.2 Å². The van der Waals surface area contributed by atoms with Crippen molar-refractivity contribution in [3.05, 3.63) is 54.2 Å². The molecule has 0 aliphatic carbocycles. The first-order valence-electron chi connectivity index (χ1n) is 8.69. The SMILES string of the molecule is COc1ccc(C)cc1Nc1nncc(Nc2ccccc2OC(C)C)n1. The number of nitrogens with one attached hydrogen (secondary N) is 2. The van der Waals surface area contributed by atoms with E-state index < -0.39 is 0 Å². The molecule has 0 aliphatic heterocycles. The molecule has 0 saturated heterocycles. The molecule has 0 aliphatic rings. The van der Waals surface area contributed by atoms with Gasteiger partial charge in [0.1, 0.15) is 11.5 Å². The molecule has 2 N–H and O–H groups in total. The van der Waals surface area contributed by atoms with Gasteiger partial charge in [-0.1, -0.05) is 18.2 Å². The highest BCUT2D eigenvalue weighted by Gasteiger charge is 2.09. The molecular weight excluding hydrogens is 342 g/mol. The number of aromatic nitrogens is 3. The van der Waals surface area contributed by atoms with Gasteiger partial charge in [-0.2, -0.15) is 10.1 Å². The molecule has 27 heavy (non-hydrogen) atoms. The Labute approximate surface area is 158 Å². The standard InChI is InChI=1S/C20H23N5O2/c1-13(2)27-18-8-6-5-7-15(18)22-19-12-21-25-20(24-19)23-16-11-14(3)9-10-17(16)26-4/h5-13H,1-4H3,(H2,22,23,24,25). The molecule has 7 heteroatoms. The van der Waals surface area contributed by atoms with E-state index in [1.165, 1.54) is 0 Å². The van der Waals surface area contributed by atoms with Gasteiger partial charge in [0.05, 0.1) is 30.8 Å². The summed E-state index contributed by atoms with van der Waals surface area (Å²) >= 11 is 0. The van der Waals surface area contributed by atoms with E-state index in [4.69, 9.17) is 9.47 Å². The van der Waals surface area contributed by atoms with Crippen LogP contribution in [0.1, 0.15) is 19.4 Å². The summed E-state index contributed by atoms with van der Waals surface area (Å²) in [5, 5.41) is 14.5. The summed E-state index contributed by atoms with van der Waals surface area (Å²) in [5.74, 6) is 2.38. The molecule has 1 heterocycles. The van der Waals surface area contributed by atoms with E-state index in [2.05, 4.69) is 25.8 Å². The van der Waals surface area contributed by atoms with Crippen molar-refractivity contribution in [2.75, 3.05) is 17.7 Å². The molecule has 0 atom stereocenters. The second-order valence-electron chi connectivity index (χ2n) is 6.28. The zero-order chi connectivity index (χ0) is 19.2. The number of methoxy groups -OCH3 is 1. The van der Waals surface area contributed by atoms with E-state index >= 15 is 0 Å². The fourth-order valence-corrected chi connectivity index (χ4v) is 2.52. The maximum Gasteiger partial charge on any atom is 0.249 e. The number of hydrogen-bond donors (Lipinski definition) is 2. The number of nitrogens with zero attached hydrogens (tertiary/aromatic N) is 3. The largest absolute Gasteiger partial charge is 0.495 e. The van der Waals surface area contributed by atoms with Crippen LogP contribution in [-0.4, -0.2) is 28.4 Å². The monoisotopic (exact) mass is 365 g/mol. The van der Waals surface area contributed by atoms with Crippen molar-refractivity contribution in [3.8, 4) is 11.5 Å². The van der Waals surface area contributed by atoms with Crippen molar-refractivity contribution in [1.29, 1.82) is 0 Å². The van der Waals surface area contributed by atoms with Gasteiger partial charge in [-0.15, -0.1) is 5.10 Å². The molecule has 0 fully saturated rings. The van der Waals surface area contributed by atoms with Gasteiger partial charge in [-0.25, -0.2) is 0 Å². The van der Waals surface area contributed by atoms with Gasteiger partial charge in [-0.05, 0) is 50.6 Å². The van der Waals surface area contributed by atoms with Gasteiger partial charge in [0, 0.05) is 0 Å². The lowest BCUT2D eigenvalue weighted by Gasteiger charge is -2.15. The average molecular weight is 365 g/mol. The summed E-state index contributed by atoms with van der Waals surface area (Å²) in [5.41, 5.74) is 2.69. The highest BCUT2D eigenvalue weighted by atomic mass is 16.5. The summed E-state index contributed by atoms with van der Waals surface area (Å²) in [6.45, 7) is 5.98. The summed E-state index contributed by atoms with van der Waals surface area (Å²) in [6, 6.07) is 13.5. The molecule has 0 saturated carbocycles. The van der Waals surface area contributed by atoms with Crippen molar-refractivity contribution < 1.29 is 9.47 Å². The average Bonchev–Trinajstić information content (AvgIpc) is 2.63. The van der Waals surface area contributed by atoms with Gasteiger partial charge in [-0.3, -0.25) is 0 Å². The Morgan fingerprint density at radius 3 is 2.56 bits per heavy atom. The molecule has 1 aromatic heterocycles. The van der Waals surface area contributed by atoms with Crippen LogP contribution >= 0.6 is 0 Å². The minimum absolute atomic E-state index is 0.0717. The molecule has 0 radical (unpaired) electrons. The minimum atomic E-state index is 0.0717. The molecule has 0 amide bonds. The third-order valence-corrected chi connectivity index (χ3v) is 3.67. The molecule has 0 spiro atoms. The second kappa shape index (κ2) is 8.35. The Kier molecular flexibility index (Phi) is 5.71. The zero-order valence-corrected chi connectivity index (χ0v) is 15.9. The Hall–Kier alpha value is -3.35. The number of rotatable bonds is 7. The first-order valence-corrected chi connectivity index (χ1v) is 8.69. The van der Waals surface area contributed by atoms with Gasteiger partial charge in [0.15, 0.2) is 5.82 Å². The van der Waals surface area contributed by atoms with Crippen molar-refractivity contribution >= 4 is 23.1 Å². The first-order chi connectivity index (χ1) is 13.0. The normalized spacial score (nSPS) is 10.6. The second-order valence-corrected chi connectivity index (χ2v) is 6.28. The Morgan fingerprint density at radius 2 is 1.78 bits per heavy atom. The van der Waals surface area contributed by atoms with Crippen molar-refractivity contribution in [2.45, 2.75) is 26.9 Å². The van der Waals surface area contributed by atoms with E-state index in [9.17, 15) is 0 Å². The van der Waals surface area contributed by atoms with E-state index in [0.717, 1.165) is 22.7 Å². The third-order valence-electron chi connectivity index (χ3n) is 3.67. The molecule has 3 rings (SSSR count). The van der Waals surface area contributed by atoms with E-state index in [1.54, 1.807) is 13.3 Å². The lowest BCUT2D eigenvalue weighted by molar-refractivity contribution is 0.244. The van der Waals surface area contributed by atoms with Gasteiger partial charge >= 0.3 is 0 Å². The third kappa shape index (κ3) is 4.84. The fraction of sp³-hybridized carbons (Fsp3) is 0.250. The minimum Gasteiger partial charge on any atom is -0.495 e. The van der Waals surface area contributed by atoms with Gasteiger partial charge in [0.2, 0.25) is 5.95 Å². The van der Waals surface area contributed by atoms with Crippen LogP contribution < -0.4 is 20.1 Å². The van der Waals surface area contributed by atoms with Crippen LogP contribution in [0.4, 0.5) is 23.1 Å². The maximum atomic E-state index is 5.83. The quantitative estimate of drug-likeness (QED) is 0.639. The van der Waals surface area contributed by atoms with Crippen LogP contribution in [0.15, 0.2) is 48.7 Å². The number of benzene rings is 2. The van der Waals surface area contributed by atoms with Gasteiger partial charge in [0.25, 0.3) is 0 Å². The summed E-state index contributed by atoms with van der Waals surface area (Å²) < 4.78 is 11.2. The summed E-state index contributed by atoms with van der Waals surface area (Å²) in [4.78, 5) is 4.48. The first kappa shape index (κ1) is 18.4. The number of para-hydroxylation sites is 2. The lowest BCUT2D eigenvalue weighted by atomic mass is 10.2. The van der Waals surface area contributed by atoms with Crippen LogP contribution in [0.3, 0.4) is 0 Å². The predicted octanol–water partition coefficient (Wildman–Crippen LogP) is 4.46. The van der Waals surface area contributed by atoms with Crippen LogP contribution in [0.5, 0.6) is 11.5 Å². The Balaban J connectivity index is 1.82. The molecular formula is C20H23N5O2. The van der Waals surface area contributed by atoms with Crippen LogP contribution in [0, 0.1) is 6.92 Å². The molecule has 2 aromatic carbocycles.